The highest BCUT2D eigenvalue weighted by Crippen LogP contribution is 2.27. The lowest BCUT2D eigenvalue weighted by Crippen LogP contribution is -2.54. The first kappa shape index (κ1) is 25.8. The van der Waals surface area contributed by atoms with Crippen LogP contribution in [0.25, 0.3) is 11.8 Å². The third-order valence-electron chi connectivity index (χ3n) is 6.57. The Bertz CT molecular complexity index is 1470. The second kappa shape index (κ2) is 11.3. The van der Waals surface area contributed by atoms with Crippen LogP contribution in [-0.4, -0.2) is 50.8 Å². The molecule has 0 bridgehead atoms. The highest BCUT2D eigenvalue weighted by Gasteiger charge is 2.33. The van der Waals surface area contributed by atoms with Crippen LogP contribution >= 0.6 is 0 Å². The lowest BCUT2D eigenvalue weighted by atomic mass is 10.0. The van der Waals surface area contributed by atoms with Crippen molar-refractivity contribution in [2.75, 3.05) is 23.3 Å². The molecular formula is C29H29N7O3. The van der Waals surface area contributed by atoms with Crippen LogP contribution in [-0.2, 0) is 11.2 Å². The minimum atomic E-state index is -0.396. The summed E-state index contributed by atoms with van der Waals surface area (Å²) in [4.78, 5) is 40.8. The number of aliphatic imine (C=N–C) groups is 1. The van der Waals surface area contributed by atoms with Crippen LogP contribution in [0.4, 0.5) is 11.8 Å². The summed E-state index contributed by atoms with van der Waals surface area (Å²) in [6, 6.07) is 19.5. The van der Waals surface area contributed by atoms with E-state index >= 15 is 0 Å². The van der Waals surface area contributed by atoms with Crippen LogP contribution < -0.4 is 10.2 Å². The van der Waals surface area contributed by atoms with Crippen molar-refractivity contribution in [2.45, 2.75) is 32.7 Å². The van der Waals surface area contributed by atoms with Crippen molar-refractivity contribution in [2.24, 2.45) is 4.99 Å². The number of carbonyl (C=O) groups excluding carboxylic acids is 1. The minimum absolute atomic E-state index is 0.0289. The first-order valence-electron chi connectivity index (χ1n) is 12.8. The first-order valence-corrected chi connectivity index (χ1v) is 12.8. The first-order chi connectivity index (χ1) is 18.9. The molecule has 1 N–H and O–H groups in total. The lowest BCUT2D eigenvalue weighted by molar-refractivity contribution is -0.422. The predicted octanol–water partition coefficient (Wildman–Crippen LogP) is 4.61. The van der Waals surface area contributed by atoms with Gasteiger partial charge in [-0.3, -0.25) is 24.7 Å². The summed E-state index contributed by atoms with van der Waals surface area (Å²) >= 11 is 0. The number of nitrogens with one attached hydrogen (secondary N) is 1. The number of hydrogen-bond donors (Lipinski definition) is 1. The molecule has 198 valence electrons. The molecule has 2 aliphatic rings. The van der Waals surface area contributed by atoms with Gasteiger partial charge in [0.1, 0.15) is 5.82 Å². The van der Waals surface area contributed by atoms with E-state index in [0.717, 1.165) is 28.8 Å². The van der Waals surface area contributed by atoms with Gasteiger partial charge in [0, 0.05) is 44.7 Å². The maximum atomic E-state index is 12.6. The molecule has 39 heavy (non-hydrogen) atoms. The number of rotatable bonds is 8. The topological polar surface area (TPSA) is 117 Å². The number of allylic oxidation sites excluding steroid dienone is 1. The second-order valence-electron chi connectivity index (χ2n) is 9.55. The Kier molecular flexibility index (Phi) is 7.44. The lowest BCUT2D eigenvalue weighted by Gasteiger charge is -2.38. The summed E-state index contributed by atoms with van der Waals surface area (Å²) < 4.78 is 0. The minimum Gasteiger partial charge on any atom is -0.351 e. The Morgan fingerprint density at radius 2 is 1.90 bits per heavy atom. The van der Waals surface area contributed by atoms with Gasteiger partial charge in [-0.05, 0) is 42.2 Å². The molecule has 10 nitrogen and oxygen atoms in total. The maximum absolute atomic E-state index is 12.6. The fourth-order valence-electron chi connectivity index (χ4n) is 4.58. The van der Waals surface area contributed by atoms with Crippen molar-refractivity contribution in [3.05, 3.63) is 105 Å². The van der Waals surface area contributed by atoms with Crippen molar-refractivity contribution in [1.82, 2.24) is 14.9 Å². The molecule has 0 radical (unpaired) electrons. The second-order valence-corrected chi connectivity index (χ2v) is 9.55. The molecule has 5 rings (SSSR count). The molecule has 10 heteroatoms. The van der Waals surface area contributed by atoms with Gasteiger partial charge in [-0.25, -0.2) is 9.98 Å². The van der Waals surface area contributed by atoms with E-state index in [4.69, 9.17) is 9.98 Å². The van der Waals surface area contributed by atoms with E-state index in [2.05, 4.69) is 10.3 Å². The van der Waals surface area contributed by atoms with E-state index in [0.29, 0.717) is 37.2 Å². The van der Waals surface area contributed by atoms with Gasteiger partial charge >= 0.3 is 0 Å². The van der Waals surface area contributed by atoms with E-state index < -0.39 is 4.92 Å². The Morgan fingerprint density at radius 3 is 2.64 bits per heavy atom. The van der Waals surface area contributed by atoms with Crippen molar-refractivity contribution >= 4 is 35.4 Å². The summed E-state index contributed by atoms with van der Waals surface area (Å²) in [5.41, 5.74) is 3.80. The molecule has 0 saturated carbocycles. The van der Waals surface area contributed by atoms with Crippen LogP contribution in [0, 0.1) is 10.1 Å². The Labute approximate surface area is 226 Å². The van der Waals surface area contributed by atoms with Gasteiger partial charge in [-0.2, -0.15) is 4.98 Å². The zero-order chi connectivity index (χ0) is 27.4. The predicted molar refractivity (Wildman–Crippen MR) is 151 cm³/mol. The molecular weight excluding hydrogens is 494 g/mol. The number of amides is 1. The van der Waals surface area contributed by atoms with E-state index in [1.54, 1.807) is 17.2 Å². The zero-order valence-corrected chi connectivity index (χ0v) is 21.8. The quantitative estimate of drug-likeness (QED) is 0.339. The summed E-state index contributed by atoms with van der Waals surface area (Å²) in [6.07, 6.45) is 6.32. The number of hydrogen-bond acceptors (Lipinski definition) is 8. The molecule has 1 amide bonds. The molecule has 2 aromatic carbocycles. The van der Waals surface area contributed by atoms with Gasteiger partial charge in [0.25, 0.3) is 0 Å². The zero-order valence-electron chi connectivity index (χ0n) is 21.8. The van der Waals surface area contributed by atoms with Gasteiger partial charge in [-0.15, -0.1) is 0 Å². The van der Waals surface area contributed by atoms with Crippen LogP contribution in [0.3, 0.4) is 0 Å². The SMILES string of the molecule is C/C(=C\c1ccc(CC(C)Nc2nccc(N3CCC(=O)N4CC=C(c5ccccc5)N=C43)n2)cc1)[N+](=O)[O-]. The molecule has 1 fully saturated rings. The Morgan fingerprint density at radius 1 is 1.13 bits per heavy atom. The Balaban J connectivity index is 1.30. The fourth-order valence-corrected chi connectivity index (χ4v) is 4.58. The number of nitrogens with zero attached hydrogens (tertiary/aromatic N) is 6. The van der Waals surface area contributed by atoms with Crippen LogP contribution in [0.15, 0.2) is 83.6 Å². The molecule has 1 atom stereocenters. The van der Waals surface area contributed by atoms with E-state index in [1.807, 2.05) is 78.6 Å². The number of nitro groups is 1. The summed E-state index contributed by atoms with van der Waals surface area (Å²) in [7, 11) is 0. The number of fused-ring (bicyclic) bond motifs is 1. The molecule has 1 unspecified atom stereocenters. The van der Waals surface area contributed by atoms with Crippen LogP contribution in [0.2, 0.25) is 0 Å². The molecule has 0 aliphatic carbocycles. The van der Waals surface area contributed by atoms with Crippen molar-refractivity contribution < 1.29 is 9.72 Å². The smallest absolute Gasteiger partial charge is 0.243 e. The standard InChI is InChI=1S/C29H29N7O3/c1-20(18-22-8-10-23(11-9-22)19-21(2)36(38)39)31-28-30-15-12-26(33-28)34-17-14-27(37)35-16-13-25(32-29(34)35)24-6-4-3-5-7-24/h3-13,15,19-20H,14,16-18H2,1-2H3,(H,30,31,33)/b21-19+. The summed E-state index contributed by atoms with van der Waals surface area (Å²) in [5, 5.41) is 14.2. The van der Waals surface area contributed by atoms with Gasteiger partial charge < -0.3 is 5.32 Å². The van der Waals surface area contributed by atoms with E-state index in [9.17, 15) is 14.9 Å². The molecule has 1 saturated heterocycles. The third-order valence-corrected chi connectivity index (χ3v) is 6.57. The average Bonchev–Trinajstić information content (AvgIpc) is 2.94. The molecule has 3 aromatic rings. The number of aromatic nitrogens is 2. The van der Waals surface area contributed by atoms with E-state index in [-0.39, 0.29) is 17.6 Å². The molecule has 3 heterocycles. The van der Waals surface area contributed by atoms with Crippen LogP contribution in [0.1, 0.15) is 37.0 Å². The normalized spacial score (nSPS) is 16.3. The van der Waals surface area contributed by atoms with Gasteiger partial charge in [-0.1, -0.05) is 54.6 Å². The Hall–Kier alpha value is -4.86. The fraction of sp³-hybridized carbons (Fsp3) is 0.241. The molecule has 1 aromatic heterocycles. The number of benzene rings is 2. The third kappa shape index (κ3) is 6.01. The van der Waals surface area contributed by atoms with Crippen LogP contribution in [0.5, 0.6) is 0 Å². The average molecular weight is 524 g/mol. The monoisotopic (exact) mass is 523 g/mol. The number of carbonyl (C=O) groups is 1. The summed E-state index contributed by atoms with van der Waals surface area (Å²) in [6.45, 7) is 4.47. The number of anilines is 2. The number of guanidine groups is 1. The van der Waals surface area contributed by atoms with Gasteiger partial charge in [0.05, 0.1) is 10.6 Å². The molecule has 2 aliphatic heterocycles. The largest absolute Gasteiger partial charge is 0.351 e. The molecule has 0 spiro atoms. The maximum Gasteiger partial charge on any atom is 0.243 e. The van der Waals surface area contributed by atoms with E-state index in [1.165, 1.54) is 6.92 Å². The van der Waals surface area contributed by atoms with Crippen molar-refractivity contribution in [3.8, 4) is 0 Å². The van der Waals surface area contributed by atoms with Crippen molar-refractivity contribution in [3.63, 3.8) is 0 Å². The highest BCUT2D eigenvalue weighted by molar-refractivity contribution is 6.10. The van der Waals surface area contributed by atoms with Gasteiger partial charge in [0.15, 0.2) is 0 Å². The summed E-state index contributed by atoms with van der Waals surface area (Å²) in [5.74, 6) is 1.78. The van der Waals surface area contributed by atoms with Crippen molar-refractivity contribution in [1.29, 1.82) is 0 Å². The highest BCUT2D eigenvalue weighted by atomic mass is 16.6. The van der Waals surface area contributed by atoms with Gasteiger partial charge in [0.2, 0.25) is 23.5 Å².